The number of unbranched alkanes of at least 4 members (excludes halogenated alkanes) is 9. The molecule has 0 nitrogen and oxygen atoms in total. The largest absolute Gasteiger partial charge is 0.0628 e. The van der Waals surface area contributed by atoms with E-state index in [-0.39, 0.29) is 0 Å². The van der Waals surface area contributed by atoms with Gasteiger partial charge in [0, 0.05) is 0 Å². The third kappa shape index (κ3) is 16.0. The van der Waals surface area contributed by atoms with Crippen LogP contribution in [-0.2, 0) is 0 Å². The minimum atomic E-state index is 0.639. The molecule has 18 heavy (non-hydrogen) atoms. The second-order valence-electron chi connectivity index (χ2n) is 6.42. The van der Waals surface area contributed by atoms with Crippen LogP contribution in [0.5, 0.6) is 0 Å². The summed E-state index contributed by atoms with van der Waals surface area (Å²) < 4.78 is 0. The molecular formula is C18H36. The van der Waals surface area contributed by atoms with E-state index < -0.39 is 0 Å². The molecule has 1 atom stereocenters. The molecule has 0 aromatic carbocycles. The fourth-order valence-corrected chi connectivity index (χ4v) is 2.30. The van der Waals surface area contributed by atoms with Crippen molar-refractivity contribution in [3.8, 4) is 0 Å². The van der Waals surface area contributed by atoms with Gasteiger partial charge in [0.05, 0.1) is 0 Å². The molecular weight excluding hydrogens is 216 g/mol. The van der Waals surface area contributed by atoms with Crippen molar-refractivity contribution < 1.29 is 0 Å². The lowest BCUT2D eigenvalue weighted by atomic mass is 10.0. The van der Waals surface area contributed by atoms with Gasteiger partial charge in [0.1, 0.15) is 0 Å². The van der Waals surface area contributed by atoms with Crippen LogP contribution in [0.2, 0.25) is 0 Å². The van der Waals surface area contributed by atoms with E-state index in [0.717, 1.165) is 5.92 Å². The highest BCUT2D eigenvalue weighted by Gasteiger charge is 1.96. The molecule has 0 saturated carbocycles. The topological polar surface area (TPSA) is 0 Å². The van der Waals surface area contributed by atoms with Gasteiger partial charge >= 0.3 is 0 Å². The molecule has 0 saturated heterocycles. The molecule has 0 rings (SSSR count). The molecule has 0 aliphatic heterocycles. The van der Waals surface area contributed by atoms with E-state index in [1.807, 2.05) is 0 Å². The van der Waals surface area contributed by atoms with Crippen LogP contribution < -0.4 is 0 Å². The monoisotopic (exact) mass is 252 g/mol. The Balaban J connectivity index is 2.95. The third-order valence-electron chi connectivity index (χ3n) is 3.54. The van der Waals surface area contributed by atoms with Gasteiger partial charge in [0.15, 0.2) is 0 Å². The second-order valence-corrected chi connectivity index (χ2v) is 6.42. The van der Waals surface area contributed by atoms with Crippen molar-refractivity contribution in [2.24, 2.45) is 11.8 Å². The van der Waals surface area contributed by atoms with Gasteiger partial charge < -0.3 is 0 Å². The van der Waals surface area contributed by atoms with Crippen molar-refractivity contribution in [2.45, 2.75) is 91.4 Å². The van der Waals surface area contributed by atoms with Gasteiger partial charge in [-0.15, -0.1) is 0 Å². The summed E-state index contributed by atoms with van der Waals surface area (Å²) in [6.07, 6.45) is 17.8. The molecule has 0 aliphatic rings. The molecule has 2 radical (unpaired) electrons. The van der Waals surface area contributed by atoms with Crippen LogP contribution >= 0.6 is 0 Å². The summed E-state index contributed by atoms with van der Waals surface area (Å²) in [5, 5.41) is 0. The van der Waals surface area contributed by atoms with Crippen molar-refractivity contribution >= 4 is 0 Å². The lowest BCUT2D eigenvalue weighted by molar-refractivity contribution is 0.516. The van der Waals surface area contributed by atoms with Crippen molar-refractivity contribution in [1.29, 1.82) is 0 Å². The Morgan fingerprint density at radius 3 is 1.78 bits per heavy atom. The van der Waals surface area contributed by atoms with Crippen molar-refractivity contribution in [3.05, 3.63) is 13.3 Å². The first-order valence-corrected chi connectivity index (χ1v) is 8.27. The van der Waals surface area contributed by atoms with E-state index in [1.54, 1.807) is 0 Å². The smallest absolute Gasteiger partial charge is 0.0386 e. The Morgan fingerprint density at radius 2 is 1.22 bits per heavy atom. The summed E-state index contributed by atoms with van der Waals surface area (Å²) in [6, 6.07) is 0. The van der Waals surface area contributed by atoms with Crippen molar-refractivity contribution in [2.75, 3.05) is 0 Å². The highest BCUT2D eigenvalue weighted by atomic mass is 14.0. The predicted molar refractivity (Wildman–Crippen MR) is 84.4 cm³/mol. The molecule has 0 N–H and O–H groups in total. The molecule has 0 aromatic heterocycles. The molecule has 0 aromatic rings. The number of hydrogen-bond acceptors (Lipinski definition) is 0. The van der Waals surface area contributed by atoms with Crippen LogP contribution in [0.15, 0.2) is 0 Å². The summed E-state index contributed by atoms with van der Waals surface area (Å²) in [5.41, 5.74) is 0. The zero-order valence-corrected chi connectivity index (χ0v) is 13.2. The van der Waals surface area contributed by atoms with E-state index in [4.69, 9.17) is 0 Å². The van der Waals surface area contributed by atoms with Crippen LogP contribution in [0.3, 0.4) is 0 Å². The normalized spacial score (nSPS) is 11.7. The number of hydrogen-bond donors (Lipinski definition) is 0. The summed E-state index contributed by atoms with van der Waals surface area (Å²) in [5.74, 6) is 1.53. The van der Waals surface area contributed by atoms with E-state index in [0.29, 0.717) is 5.92 Å². The molecule has 0 heterocycles. The van der Waals surface area contributed by atoms with Gasteiger partial charge in [0.25, 0.3) is 0 Å². The molecule has 0 bridgehead atoms. The quantitative estimate of drug-likeness (QED) is 0.324. The Bertz CT molecular complexity index is 128. The van der Waals surface area contributed by atoms with Crippen molar-refractivity contribution in [1.82, 2.24) is 0 Å². The molecule has 108 valence electrons. The van der Waals surface area contributed by atoms with E-state index in [2.05, 4.69) is 34.1 Å². The first-order valence-electron chi connectivity index (χ1n) is 8.27. The lowest BCUT2D eigenvalue weighted by Gasteiger charge is -2.05. The molecule has 0 amide bonds. The third-order valence-corrected chi connectivity index (χ3v) is 3.54. The Kier molecular flexibility index (Phi) is 13.4. The van der Waals surface area contributed by atoms with Crippen LogP contribution in [0.4, 0.5) is 0 Å². The van der Waals surface area contributed by atoms with Crippen LogP contribution in [0, 0.1) is 25.2 Å². The van der Waals surface area contributed by atoms with Gasteiger partial charge in [0.2, 0.25) is 0 Å². The lowest BCUT2D eigenvalue weighted by Crippen LogP contribution is -1.88. The van der Waals surface area contributed by atoms with E-state index >= 15 is 0 Å². The van der Waals surface area contributed by atoms with Crippen LogP contribution in [0.1, 0.15) is 91.4 Å². The van der Waals surface area contributed by atoms with Gasteiger partial charge in [-0.25, -0.2) is 0 Å². The maximum atomic E-state index is 4.02. The molecule has 0 fully saturated rings. The first kappa shape index (κ1) is 18.0. The van der Waals surface area contributed by atoms with Gasteiger partial charge in [-0.3, -0.25) is 0 Å². The zero-order valence-electron chi connectivity index (χ0n) is 13.2. The van der Waals surface area contributed by atoms with E-state index in [1.165, 1.54) is 70.6 Å². The Labute approximate surface area is 117 Å². The average molecular weight is 252 g/mol. The predicted octanol–water partition coefficient (Wildman–Crippen LogP) is 6.61. The highest BCUT2D eigenvalue weighted by Crippen LogP contribution is 2.14. The molecule has 0 spiro atoms. The van der Waals surface area contributed by atoms with Gasteiger partial charge in [-0.1, -0.05) is 98.3 Å². The molecule has 0 heteroatoms. The zero-order chi connectivity index (χ0) is 13.6. The van der Waals surface area contributed by atoms with Crippen LogP contribution in [-0.4, -0.2) is 0 Å². The summed E-state index contributed by atoms with van der Waals surface area (Å²) in [7, 11) is 0. The van der Waals surface area contributed by atoms with Gasteiger partial charge in [-0.05, 0) is 18.3 Å². The highest BCUT2D eigenvalue weighted by molar-refractivity contribution is 4.65. The Hall–Kier alpha value is 0. The minimum Gasteiger partial charge on any atom is -0.0628 e. The SMILES string of the molecule is [CH2]C(C)CCCCC[CH]CCCCCCC(C)C. The molecule has 1 unspecified atom stereocenters. The maximum Gasteiger partial charge on any atom is -0.0386 e. The summed E-state index contributed by atoms with van der Waals surface area (Å²) >= 11 is 0. The minimum absolute atomic E-state index is 0.639. The van der Waals surface area contributed by atoms with Crippen molar-refractivity contribution in [3.63, 3.8) is 0 Å². The Morgan fingerprint density at radius 1 is 0.722 bits per heavy atom. The fourth-order valence-electron chi connectivity index (χ4n) is 2.30. The van der Waals surface area contributed by atoms with Gasteiger partial charge in [-0.2, -0.15) is 0 Å². The second kappa shape index (κ2) is 13.4. The summed E-state index contributed by atoms with van der Waals surface area (Å²) in [6.45, 7) is 10.9. The fraction of sp³-hybridized carbons (Fsp3) is 0.889. The first-order chi connectivity index (χ1) is 8.63. The standard InChI is InChI=1S/C18H36/c1-17(2)15-13-11-9-7-5-6-8-10-12-14-16-18(3)4/h5,17-18H,1,6-16H2,2-4H3. The van der Waals surface area contributed by atoms with E-state index in [9.17, 15) is 0 Å². The van der Waals surface area contributed by atoms with Crippen LogP contribution in [0.25, 0.3) is 0 Å². The summed E-state index contributed by atoms with van der Waals surface area (Å²) in [4.78, 5) is 0. The molecule has 0 aliphatic carbocycles. The average Bonchev–Trinajstić information content (AvgIpc) is 2.29. The number of rotatable bonds is 13. The maximum absolute atomic E-state index is 4.02.